The number of methoxy groups -OCH3 is 1. The van der Waals surface area contributed by atoms with E-state index in [2.05, 4.69) is 4.72 Å². The van der Waals surface area contributed by atoms with Crippen LogP contribution in [0.3, 0.4) is 0 Å². The summed E-state index contributed by atoms with van der Waals surface area (Å²) in [6, 6.07) is 19.6. The van der Waals surface area contributed by atoms with Gasteiger partial charge in [0.2, 0.25) is 10.0 Å². The molecular weight excluding hydrogens is 506 g/mol. The Balaban J connectivity index is 1.70. The Morgan fingerprint density at radius 2 is 1.50 bits per heavy atom. The smallest absolute Gasteiger partial charge is 0.339 e. The van der Waals surface area contributed by atoms with Crippen molar-refractivity contribution in [3.63, 3.8) is 0 Å². The summed E-state index contributed by atoms with van der Waals surface area (Å²) in [5, 5.41) is 0. The molecule has 0 radical (unpaired) electrons. The highest BCUT2D eigenvalue weighted by atomic mass is 32.2. The van der Waals surface area contributed by atoms with Gasteiger partial charge in [0, 0.05) is 0 Å². The highest BCUT2D eigenvalue weighted by molar-refractivity contribution is 7.89. The summed E-state index contributed by atoms with van der Waals surface area (Å²) in [6.45, 7) is 1.71. The van der Waals surface area contributed by atoms with Crippen LogP contribution in [0.4, 0.5) is 0 Å². The molecule has 0 amide bonds. The number of rotatable bonds is 10. The average molecular weight is 530 g/mol. The molecule has 1 N–H and O–H groups in total. The molecule has 4 rings (SSSR count). The molecule has 1 aromatic heterocycles. The molecule has 4 aromatic rings. The molecule has 0 saturated heterocycles. The molecule has 0 fully saturated rings. The molecule has 0 atom stereocenters. The molecule has 0 bridgehead atoms. The van der Waals surface area contributed by atoms with E-state index < -0.39 is 25.0 Å². The summed E-state index contributed by atoms with van der Waals surface area (Å²) in [4.78, 5) is -0.748. The molecule has 9 nitrogen and oxygen atoms in total. The zero-order valence-electron chi connectivity index (χ0n) is 19.4. The lowest BCUT2D eigenvalue weighted by atomic mass is 10.2. The first-order chi connectivity index (χ1) is 17.2. The third kappa shape index (κ3) is 6.06. The number of ether oxygens (including phenoxy) is 2. The standard InChI is InChI=1S/C25H23NO8S2/c1-18-5-7-21(8-6-18)34-36(29,30)23-13-14-24(33-20-11-9-19(31-2)10-12-20)25(16-23)35(27,28)26-17-22-4-3-15-32-22/h3-16,26H,17H2,1-2H3. The first-order valence-corrected chi connectivity index (χ1v) is 13.5. The van der Waals surface area contributed by atoms with Gasteiger partial charge in [-0.05, 0) is 73.7 Å². The van der Waals surface area contributed by atoms with E-state index in [1.807, 2.05) is 6.92 Å². The van der Waals surface area contributed by atoms with E-state index in [4.69, 9.17) is 18.1 Å². The summed E-state index contributed by atoms with van der Waals surface area (Å²) in [7, 11) is -7.07. The molecule has 11 heteroatoms. The minimum absolute atomic E-state index is 0.0820. The summed E-state index contributed by atoms with van der Waals surface area (Å²) in [5.74, 6) is 1.30. The zero-order valence-corrected chi connectivity index (χ0v) is 21.0. The van der Waals surface area contributed by atoms with Crippen LogP contribution in [0.15, 0.2) is 99.3 Å². The van der Waals surface area contributed by atoms with Crippen LogP contribution in [0.5, 0.6) is 23.0 Å². The highest BCUT2D eigenvalue weighted by Crippen LogP contribution is 2.33. The van der Waals surface area contributed by atoms with Crippen molar-refractivity contribution < 1.29 is 34.9 Å². The summed E-state index contributed by atoms with van der Waals surface area (Å²) < 4.78 is 76.0. The lowest BCUT2D eigenvalue weighted by Gasteiger charge is -2.15. The van der Waals surface area contributed by atoms with Gasteiger partial charge in [-0.3, -0.25) is 0 Å². The van der Waals surface area contributed by atoms with E-state index in [9.17, 15) is 16.8 Å². The molecular formula is C25H23NO8S2. The van der Waals surface area contributed by atoms with Crippen LogP contribution in [0.25, 0.3) is 0 Å². The Hall–Kier alpha value is -3.80. The number of hydrogen-bond donors (Lipinski definition) is 1. The van der Waals surface area contributed by atoms with Crippen molar-refractivity contribution in [1.82, 2.24) is 4.72 Å². The van der Waals surface area contributed by atoms with Gasteiger partial charge in [-0.1, -0.05) is 17.7 Å². The van der Waals surface area contributed by atoms with Gasteiger partial charge in [-0.25, -0.2) is 13.1 Å². The maximum absolute atomic E-state index is 13.2. The molecule has 3 aromatic carbocycles. The van der Waals surface area contributed by atoms with Crippen molar-refractivity contribution in [3.05, 3.63) is 96.4 Å². The molecule has 36 heavy (non-hydrogen) atoms. The molecule has 0 unspecified atom stereocenters. The number of benzene rings is 3. The topological polar surface area (TPSA) is 121 Å². The minimum Gasteiger partial charge on any atom is -0.497 e. The van der Waals surface area contributed by atoms with E-state index in [-0.39, 0.29) is 22.9 Å². The summed E-state index contributed by atoms with van der Waals surface area (Å²) in [5.41, 5.74) is 0.927. The van der Waals surface area contributed by atoms with Crippen molar-refractivity contribution in [2.45, 2.75) is 23.3 Å². The van der Waals surface area contributed by atoms with Crippen LogP contribution < -0.4 is 18.4 Å². The molecule has 188 valence electrons. The van der Waals surface area contributed by atoms with E-state index >= 15 is 0 Å². The van der Waals surface area contributed by atoms with Gasteiger partial charge in [0.1, 0.15) is 38.5 Å². The maximum Gasteiger partial charge on any atom is 0.339 e. The summed E-state index contributed by atoms with van der Waals surface area (Å²) >= 11 is 0. The van der Waals surface area contributed by atoms with Gasteiger partial charge in [-0.2, -0.15) is 8.42 Å². The number of nitrogens with one attached hydrogen (secondary N) is 1. The quantitative estimate of drug-likeness (QED) is 0.295. The van der Waals surface area contributed by atoms with Crippen LogP contribution in [0.2, 0.25) is 0 Å². The molecule has 0 saturated carbocycles. The summed E-state index contributed by atoms with van der Waals surface area (Å²) in [6.07, 6.45) is 1.41. The third-order valence-corrected chi connectivity index (χ3v) is 7.69. The maximum atomic E-state index is 13.2. The Morgan fingerprint density at radius 1 is 0.833 bits per heavy atom. The van der Waals surface area contributed by atoms with Gasteiger partial charge >= 0.3 is 10.1 Å². The number of hydrogen-bond acceptors (Lipinski definition) is 8. The van der Waals surface area contributed by atoms with Crippen LogP contribution in [-0.4, -0.2) is 23.9 Å². The lowest BCUT2D eigenvalue weighted by Crippen LogP contribution is -2.24. The van der Waals surface area contributed by atoms with Crippen molar-refractivity contribution in [1.29, 1.82) is 0 Å². The van der Waals surface area contributed by atoms with Gasteiger partial charge < -0.3 is 18.1 Å². The van der Waals surface area contributed by atoms with Crippen LogP contribution >= 0.6 is 0 Å². The predicted octanol–water partition coefficient (Wildman–Crippen LogP) is 4.64. The van der Waals surface area contributed by atoms with E-state index in [1.54, 1.807) is 48.5 Å². The zero-order chi connectivity index (χ0) is 25.8. The molecule has 0 aliphatic rings. The molecule has 1 heterocycles. The average Bonchev–Trinajstić information content (AvgIpc) is 3.39. The fourth-order valence-corrected chi connectivity index (χ4v) is 5.31. The van der Waals surface area contributed by atoms with Crippen molar-refractivity contribution in [2.24, 2.45) is 0 Å². The van der Waals surface area contributed by atoms with Crippen molar-refractivity contribution in [2.75, 3.05) is 7.11 Å². The monoisotopic (exact) mass is 529 g/mol. The van der Waals surface area contributed by atoms with Gasteiger partial charge in [-0.15, -0.1) is 0 Å². The van der Waals surface area contributed by atoms with E-state index in [0.717, 1.165) is 11.6 Å². The largest absolute Gasteiger partial charge is 0.497 e. The minimum atomic E-state index is -4.35. The van der Waals surface area contributed by atoms with Gasteiger partial charge in [0.25, 0.3) is 0 Å². The second-order valence-electron chi connectivity index (χ2n) is 7.64. The van der Waals surface area contributed by atoms with Gasteiger partial charge in [0.15, 0.2) is 0 Å². The Kier molecular flexibility index (Phi) is 7.34. The Morgan fingerprint density at radius 3 is 2.14 bits per heavy atom. The van der Waals surface area contributed by atoms with E-state index in [1.165, 1.54) is 37.6 Å². The number of furan rings is 1. The SMILES string of the molecule is COc1ccc(Oc2ccc(S(=O)(=O)Oc3ccc(C)cc3)cc2S(=O)(=O)NCc2ccco2)cc1. The Labute approximate surface area is 209 Å². The fourth-order valence-electron chi connectivity index (χ4n) is 3.13. The molecule has 0 spiro atoms. The van der Waals surface area contributed by atoms with Gasteiger partial charge in [0.05, 0.1) is 19.9 Å². The predicted molar refractivity (Wildman–Crippen MR) is 131 cm³/mol. The number of aryl methyl sites for hydroxylation is 1. The van der Waals surface area contributed by atoms with Crippen LogP contribution in [0.1, 0.15) is 11.3 Å². The van der Waals surface area contributed by atoms with Crippen molar-refractivity contribution >= 4 is 20.1 Å². The van der Waals surface area contributed by atoms with Crippen LogP contribution in [-0.2, 0) is 26.7 Å². The first kappa shape index (κ1) is 25.3. The second-order valence-corrected chi connectivity index (χ2v) is 10.9. The third-order valence-electron chi connectivity index (χ3n) is 5.02. The second kappa shape index (κ2) is 10.4. The van der Waals surface area contributed by atoms with E-state index in [0.29, 0.717) is 17.3 Å². The Bertz CT molecular complexity index is 1530. The fraction of sp³-hybridized carbons (Fsp3) is 0.120. The van der Waals surface area contributed by atoms with Crippen LogP contribution in [0, 0.1) is 6.92 Å². The number of sulfonamides is 1. The lowest BCUT2D eigenvalue weighted by molar-refractivity contribution is 0.412. The normalized spacial score (nSPS) is 11.7. The molecule has 0 aliphatic carbocycles. The molecule has 0 aliphatic heterocycles. The van der Waals surface area contributed by atoms with Crippen molar-refractivity contribution in [3.8, 4) is 23.0 Å². The first-order valence-electron chi connectivity index (χ1n) is 10.7. The highest BCUT2D eigenvalue weighted by Gasteiger charge is 2.26.